The summed E-state index contributed by atoms with van der Waals surface area (Å²) in [5, 5.41) is 8.90. The summed E-state index contributed by atoms with van der Waals surface area (Å²) in [5.74, 6) is -1.07. The van der Waals surface area contributed by atoms with Crippen molar-refractivity contribution in [3.8, 4) is 0 Å². The van der Waals surface area contributed by atoms with Gasteiger partial charge >= 0.3 is 12.1 Å². The van der Waals surface area contributed by atoms with Gasteiger partial charge in [-0.15, -0.1) is 0 Å². The predicted octanol–water partition coefficient (Wildman–Crippen LogP) is 1.61. The highest BCUT2D eigenvalue weighted by molar-refractivity contribution is 5.84. The number of hydrogen-bond acceptors (Lipinski definition) is 3. The van der Waals surface area contributed by atoms with E-state index in [0.717, 1.165) is 6.20 Å². The van der Waals surface area contributed by atoms with Gasteiger partial charge in [0.2, 0.25) is 0 Å². The van der Waals surface area contributed by atoms with E-state index < -0.39 is 23.3 Å². The summed E-state index contributed by atoms with van der Waals surface area (Å²) >= 11 is 0. The van der Waals surface area contributed by atoms with Crippen molar-refractivity contribution in [1.82, 2.24) is 9.97 Å². The van der Waals surface area contributed by atoms with Gasteiger partial charge in [-0.05, 0) is 12.8 Å². The van der Waals surface area contributed by atoms with Crippen LogP contribution in [0.25, 0.3) is 0 Å². The van der Waals surface area contributed by atoms with Crippen LogP contribution >= 0.6 is 0 Å². The van der Waals surface area contributed by atoms with E-state index in [1.165, 1.54) is 0 Å². The van der Waals surface area contributed by atoms with Crippen molar-refractivity contribution >= 4 is 5.97 Å². The monoisotopic (exact) mass is 232 g/mol. The normalized spacial score (nSPS) is 18.2. The van der Waals surface area contributed by atoms with Crippen LogP contribution in [0.2, 0.25) is 0 Å². The van der Waals surface area contributed by atoms with E-state index in [1.807, 2.05) is 0 Å². The molecule has 0 radical (unpaired) electrons. The highest BCUT2D eigenvalue weighted by atomic mass is 19.4. The molecule has 0 atom stereocenters. The number of alkyl halides is 3. The molecule has 1 aliphatic rings. The zero-order valence-corrected chi connectivity index (χ0v) is 7.95. The Morgan fingerprint density at radius 2 is 1.94 bits per heavy atom. The minimum Gasteiger partial charge on any atom is -0.481 e. The summed E-state index contributed by atoms with van der Waals surface area (Å²) < 4.78 is 36.5. The molecule has 0 saturated heterocycles. The van der Waals surface area contributed by atoms with Gasteiger partial charge in [0.15, 0.2) is 5.69 Å². The largest absolute Gasteiger partial charge is 0.481 e. The van der Waals surface area contributed by atoms with Crippen LogP contribution in [0.15, 0.2) is 12.4 Å². The molecule has 2 rings (SSSR count). The molecule has 1 aromatic heterocycles. The standard InChI is InChI=1S/C9H7F3N2O2/c10-9(11,12)6-4-13-5(3-14-6)8(1-2-8)7(15)16/h3-4H,1-2H2,(H,15,16). The molecule has 1 N–H and O–H groups in total. The topological polar surface area (TPSA) is 63.1 Å². The Balaban J connectivity index is 2.31. The molecule has 0 bridgehead atoms. The lowest BCUT2D eigenvalue weighted by Crippen LogP contribution is -2.22. The molecule has 7 heteroatoms. The second kappa shape index (κ2) is 3.16. The average Bonchev–Trinajstić information content (AvgIpc) is 2.97. The van der Waals surface area contributed by atoms with Gasteiger partial charge in [-0.2, -0.15) is 13.2 Å². The van der Waals surface area contributed by atoms with E-state index in [9.17, 15) is 18.0 Å². The zero-order valence-electron chi connectivity index (χ0n) is 7.95. The second-order valence-corrected chi connectivity index (χ2v) is 3.67. The predicted molar refractivity (Wildman–Crippen MR) is 45.6 cm³/mol. The van der Waals surface area contributed by atoms with Crippen molar-refractivity contribution in [2.75, 3.05) is 0 Å². The molecule has 1 aliphatic carbocycles. The molecule has 86 valence electrons. The molecule has 1 saturated carbocycles. The molecular weight excluding hydrogens is 225 g/mol. The Kier molecular flexibility index (Phi) is 2.14. The molecule has 1 fully saturated rings. The third kappa shape index (κ3) is 1.62. The van der Waals surface area contributed by atoms with E-state index in [-0.39, 0.29) is 5.69 Å². The van der Waals surface area contributed by atoms with Gasteiger partial charge in [0.05, 0.1) is 18.1 Å². The molecular formula is C9H7F3N2O2. The van der Waals surface area contributed by atoms with E-state index in [0.29, 0.717) is 19.0 Å². The first-order valence-corrected chi connectivity index (χ1v) is 4.49. The van der Waals surface area contributed by atoms with Crippen LogP contribution < -0.4 is 0 Å². The van der Waals surface area contributed by atoms with Gasteiger partial charge in [-0.1, -0.05) is 0 Å². The van der Waals surface area contributed by atoms with Gasteiger partial charge in [-0.25, -0.2) is 4.98 Å². The molecule has 0 spiro atoms. The fraction of sp³-hybridized carbons (Fsp3) is 0.444. The zero-order chi connectivity index (χ0) is 12.0. The van der Waals surface area contributed by atoms with Crippen molar-refractivity contribution in [3.05, 3.63) is 23.8 Å². The Hall–Kier alpha value is -1.66. The fourth-order valence-electron chi connectivity index (χ4n) is 1.43. The number of halogens is 3. The SMILES string of the molecule is O=C(O)C1(c2cnc(C(F)(F)F)cn2)CC1. The second-order valence-electron chi connectivity index (χ2n) is 3.67. The number of aromatic nitrogens is 2. The van der Waals surface area contributed by atoms with Crippen molar-refractivity contribution in [2.45, 2.75) is 24.4 Å². The van der Waals surface area contributed by atoms with Crippen LogP contribution in [0.3, 0.4) is 0 Å². The van der Waals surface area contributed by atoms with E-state index >= 15 is 0 Å². The molecule has 0 aliphatic heterocycles. The summed E-state index contributed by atoms with van der Waals surface area (Å²) in [5.41, 5.74) is -2.14. The highest BCUT2D eigenvalue weighted by Crippen LogP contribution is 2.47. The third-order valence-corrected chi connectivity index (χ3v) is 2.59. The van der Waals surface area contributed by atoms with Gasteiger partial charge < -0.3 is 5.11 Å². The number of carboxylic acids is 1. The maximum atomic E-state index is 12.2. The molecule has 1 aromatic rings. The minimum atomic E-state index is -4.55. The van der Waals surface area contributed by atoms with E-state index in [4.69, 9.17) is 5.11 Å². The summed E-state index contributed by atoms with van der Waals surface area (Å²) in [6.45, 7) is 0. The van der Waals surface area contributed by atoms with Crippen molar-refractivity contribution < 1.29 is 23.1 Å². The lowest BCUT2D eigenvalue weighted by Gasteiger charge is -2.10. The van der Waals surface area contributed by atoms with Gasteiger partial charge in [0.1, 0.15) is 5.41 Å². The third-order valence-electron chi connectivity index (χ3n) is 2.59. The molecule has 16 heavy (non-hydrogen) atoms. The molecule has 1 heterocycles. The summed E-state index contributed by atoms with van der Waals surface area (Å²) in [6.07, 6.45) is -2.31. The first-order valence-electron chi connectivity index (χ1n) is 4.49. The Bertz CT molecular complexity index is 423. The molecule has 0 unspecified atom stereocenters. The Labute approximate surface area is 88.1 Å². The van der Waals surface area contributed by atoms with Crippen molar-refractivity contribution in [1.29, 1.82) is 0 Å². The highest BCUT2D eigenvalue weighted by Gasteiger charge is 2.53. The lowest BCUT2D eigenvalue weighted by atomic mass is 10.0. The van der Waals surface area contributed by atoms with Crippen LogP contribution in [0.5, 0.6) is 0 Å². The van der Waals surface area contributed by atoms with Crippen LogP contribution in [0.1, 0.15) is 24.2 Å². The van der Waals surface area contributed by atoms with E-state index in [2.05, 4.69) is 9.97 Å². The summed E-state index contributed by atoms with van der Waals surface area (Å²) in [6, 6.07) is 0. The molecule has 4 nitrogen and oxygen atoms in total. The maximum Gasteiger partial charge on any atom is 0.434 e. The van der Waals surface area contributed by atoms with Crippen LogP contribution in [0.4, 0.5) is 13.2 Å². The Morgan fingerprint density at radius 3 is 2.25 bits per heavy atom. The smallest absolute Gasteiger partial charge is 0.434 e. The van der Waals surface area contributed by atoms with Gasteiger partial charge in [0, 0.05) is 0 Å². The van der Waals surface area contributed by atoms with Crippen molar-refractivity contribution in [3.63, 3.8) is 0 Å². The number of rotatable bonds is 2. The number of carboxylic acid groups (broad SMARTS) is 1. The summed E-state index contributed by atoms with van der Waals surface area (Å²) in [4.78, 5) is 17.6. The first kappa shape index (κ1) is 10.8. The number of nitrogens with zero attached hydrogens (tertiary/aromatic N) is 2. The van der Waals surface area contributed by atoms with Crippen LogP contribution in [-0.2, 0) is 16.4 Å². The Morgan fingerprint density at radius 1 is 1.31 bits per heavy atom. The quantitative estimate of drug-likeness (QED) is 0.841. The number of aliphatic carboxylic acids is 1. The van der Waals surface area contributed by atoms with Crippen LogP contribution in [-0.4, -0.2) is 21.0 Å². The lowest BCUT2D eigenvalue weighted by molar-refractivity contribution is -0.141. The van der Waals surface area contributed by atoms with Crippen molar-refractivity contribution in [2.24, 2.45) is 0 Å². The van der Waals surface area contributed by atoms with Gasteiger partial charge in [-0.3, -0.25) is 9.78 Å². The minimum absolute atomic E-state index is 0.0907. The van der Waals surface area contributed by atoms with Crippen LogP contribution in [0, 0.1) is 0 Å². The number of carbonyl (C=O) groups is 1. The fourth-order valence-corrected chi connectivity index (χ4v) is 1.43. The maximum absolute atomic E-state index is 12.2. The first-order chi connectivity index (χ1) is 7.36. The summed E-state index contributed by atoms with van der Waals surface area (Å²) in [7, 11) is 0. The average molecular weight is 232 g/mol. The number of hydrogen-bond donors (Lipinski definition) is 1. The van der Waals surface area contributed by atoms with E-state index in [1.54, 1.807) is 0 Å². The molecule has 0 aromatic carbocycles. The molecule has 0 amide bonds. The van der Waals surface area contributed by atoms with Gasteiger partial charge in [0.25, 0.3) is 0 Å².